The number of amides is 1. The zero-order chi connectivity index (χ0) is 14.7. The molecule has 1 aliphatic rings. The molecule has 0 aliphatic heterocycles. The lowest BCUT2D eigenvalue weighted by atomic mass is 10.1. The van der Waals surface area contributed by atoms with Crippen LogP contribution in [0.5, 0.6) is 0 Å². The van der Waals surface area contributed by atoms with E-state index in [0.717, 1.165) is 6.42 Å². The number of carbonyl (C=O) groups is 2. The zero-order valence-electron chi connectivity index (χ0n) is 11.5. The molecule has 0 radical (unpaired) electrons. The maximum atomic E-state index is 11.7. The summed E-state index contributed by atoms with van der Waals surface area (Å²) in [4.78, 5) is 24.0. The highest BCUT2D eigenvalue weighted by Gasteiger charge is 2.29. The van der Waals surface area contributed by atoms with E-state index in [1.807, 2.05) is 0 Å². The van der Waals surface area contributed by atoms with Crippen LogP contribution in [-0.4, -0.2) is 52.2 Å². The second-order valence-electron chi connectivity index (χ2n) is 5.19. The highest BCUT2D eigenvalue weighted by atomic mass is 16.4. The van der Waals surface area contributed by atoms with Crippen molar-refractivity contribution in [2.24, 2.45) is 5.92 Å². The molecule has 2 atom stereocenters. The second kappa shape index (κ2) is 5.85. The molecule has 20 heavy (non-hydrogen) atoms. The third kappa shape index (κ3) is 3.23. The van der Waals surface area contributed by atoms with Crippen LogP contribution in [0.25, 0.3) is 0 Å². The Bertz CT molecular complexity index is 501. The summed E-state index contributed by atoms with van der Waals surface area (Å²) in [5.41, 5.74) is 0.287. The van der Waals surface area contributed by atoms with Gasteiger partial charge in [0.15, 0.2) is 5.69 Å². The van der Waals surface area contributed by atoms with Gasteiger partial charge in [-0.05, 0) is 31.4 Å². The molecule has 1 saturated carbocycles. The normalized spacial score (nSPS) is 21.5. The Morgan fingerprint density at radius 1 is 1.30 bits per heavy atom. The number of carboxylic acids is 1. The van der Waals surface area contributed by atoms with Crippen LogP contribution >= 0.6 is 0 Å². The van der Waals surface area contributed by atoms with Crippen LogP contribution < -0.4 is 5.32 Å². The molecule has 0 spiro atoms. The minimum Gasteiger partial charge on any atom is -0.481 e. The summed E-state index contributed by atoms with van der Waals surface area (Å²) in [6, 6.07) is 3.40. The van der Waals surface area contributed by atoms with Gasteiger partial charge in [-0.25, -0.2) is 0 Å². The first kappa shape index (κ1) is 14.2. The van der Waals surface area contributed by atoms with E-state index < -0.39 is 5.97 Å². The van der Waals surface area contributed by atoms with Crippen molar-refractivity contribution in [2.45, 2.75) is 25.3 Å². The van der Waals surface area contributed by atoms with Crippen molar-refractivity contribution in [3.05, 3.63) is 17.8 Å². The third-order valence-corrected chi connectivity index (χ3v) is 3.42. The predicted molar refractivity (Wildman–Crippen MR) is 72.4 cm³/mol. The molecule has 2 unspecified atom stereocenters. The van der Waals surface area contributed by atoms with Crippen LogP contribution in [0.3, 0.4) is 0 Å². The van der Waals surface area contributed by atoms with Gasteiger partial charge in [0, 0.05) is 20.1 Å². The SMILES string of the molecule is CN(C)C(=O)c1ccc(NC2CCC(C(=O)O)C2)nn1. The molecule has 1 aliphatic carbocycles. The maximum absolute atomic E-state index is 11.7. The fourth-order valence-corrected chi connectivity index (χ4v) is 2.30. The minimum absolute atomic E-state index is 0.0980. The predicted octanol–water partition coefficient (Wildman–Crippen LogP) is 0.844. The Morgan fingerprint density at radius 3 is 2.55 bits per heavy atom. The van der Waals surface area contributed by atoms with Crippen molar-refractivity contribution < 1.29 is 14.7 Å². The number of hydrogen-bond donors (Lipinski definition) is 2. The number of carboxylic acid groups (broad SMARTS) is 1. The van der Waals surface area contributed by atoms with Gasteiger partial charge < -0.3 is 15.3 Å². The fourth-order valence-electron chi connectivity index (χ4n) is 2.30. The molecule has 0 aromatic carbocycles. The number of nitrogens with one attached hydrogen (secondary N) is 1. The van der Waals surface area contributed by atoms with E-state index >= 15 is 0 Å². The second-order valence-corrected chi connectivity index (χ2v) is 5.19. The molecular weight excluding hydrogens is 260 g/mol. The van der Waals surface area contributed by atoms with Crippen molar-refractivity contribution in [3.63, 3.8) is 0 Å². The van der Waals surface area contributed by atoms with E-state index in [4.69, 9.17) is 5.11 Å². The largest absolute Gasteiger partial charge is 0.481 e. The van der Waals surface area contributed by atoms with Crippen molar-refractivity contribution >= 4 is 17.7 Å². The standard InChI is InChI=1S/C13H18N4O3/c1-17(2)12(18)10-5-6-11(16-15-10)14-9-4-3-8(7-9)13(19)20/h5-6,8-9H,3-4,7H2,1-2H3,(H,14,16)(H,19,20). The monoisotopic (exact) mass is 278 g/mol. The van der Waals surface area contributed by atoms with E-state index in [-0.39, 0.29) is 23.6 Å². The van der Waals surface area contributed by atoms with Crippen LogP contribution in [0, 0.1) is 5.92 Å². The fraction of sp³-hybridized carbons (Fsp3) is 0.538. The number of aromatic nitrogens is 2. The lowest BCUT2D eigenvalue weighted by Crippen LogP contribution is -2.23. The summed E-state index contributed by atoms with van der Waals surface area (Å²) in [6.07, 6.45) is 2.07. The van der Waals surface area contributed by atoms with Gasteiger partial charge >= 0.3 is 5.97 Å². The smallest absolute Gasteiger partial charge is 0.306 e. The molecule has 2 N–H and O–H groups in total. The van der Waals surface area contributed by atoms with Crippen LogP contribution in [-0.2, 0) is 4.79 Å². The van der Waals surface area contributed by atoms with Gasteiger partial charge in [0.25, 0.3) is 5.91 Å². The Balaban J connectivity index is 1.95. The van der Waals surface area contributed by atoms with Crippen LogP contribution in [0.15, 0.2) is 12.1 Å². The molecule has 108 valence electrons. The van der Waals surface area contributed by atoms with Gasteiger partial charge in [0.2, 0.25) is 0 Å². The molecule has 1 amide bonds. The number of rotatable bonds is 4. The zero-order valence-corrected chi connectivity index (χ0v) is 11.5. The van der Waals surface area contributed by atoms with Gasteiger partial charge in [-0.3, -0.25) is 9.59 Å². The number of nitrogens with zero attached hydrogens (tertiary/aromatic N) is 3. The van der Waals surface area contributed by atoms with Gasteiger partial charge in [-0.15, -0.1) is 10.2 Å². The number of aliphatic carboxylic acids is 1. The van der Waals surface area contributed by atoms with Gasteiger partial charge in [0.1, 0.15) is 5.82 Å². The average molecular weight is 278 g/mol. The van der Waals surface area contributed by atoms with E-state index in [9.17, 15) is 9.59 Å². The maximum Gasteiger partial charge on any atom is 0.306 e. The first-order chi connectivity index (χ1) is 9.47. The van der Waals surface area contributed by atoms with Crippen molar-refractivity contribution in [1.29, 1.82) is 0 Å². The molecule has 0 bridgehead atoms. The van der Waals surface area contributed by atoms with E-state index in [1.165, 1.54) is 4.90 Å². The molecule has 7 nitrogen and oxygen atoms in total. The van der Waals surface area contributed by atoms with E-state index in [1.54, 1.807) is 26.2 Å². The van der Waals surface area contributed by atoms with Gasteiger partial charge in [-0.2, -0.15) is 0 Å². The van der Waals surface area contributed by atoms with Crippen LogP contribution in [0.2, 0.25) is 0 Å². The van der Waals surface area contributed by atoms with Crippen molar-refractivity contribution in [3.8, 4) is 0 Å². The number of anilines is 1. The summed E-state index contributed by atoms with van der Waals surface area (Å²) >= 11 is 0. The van der Waals surface area contributed by atoms with Crippen LogP contribution in [0.1, 0.15) is 29.8 Å². The molecule has 1 aromatic heterocycles. The molecule has 7 heteroatoms. The first-order valence-electron chi connectivity index (χ1n) is 6.52. The Kier molecular flexibility index (Phi) is 4.16. The van der Waals surface area contributed by atoms with Gasteiger partial charge in [0.05, 0.1) is 5.92 Å². The summed E-state index contributed by atoms with van der Waals surface area (Å²) in [6.45, 7) is 0. The highest BCUT2D eigenvalue weighted by molar-refractivity contribution is 5.91. The topological polar surface area (TPSA) is 95.4 Å². The third-order valence-electron chi connectivity index (χ3n) is 3.42. The van der Waals surface area contributed by atoms with Crippen molar-refractivity contribution in [1.82, 2.24) is 15.1 Å². The Morgan fingerprint density at radius 2 is 2.05 bits per heavy atom. The molecule has 1 aromatic rings. The Hall–Kier alpha value is -2.18. The lowest BCUT2D eigenvalue weighted by Gasteiger charge is -2.13. The minimum atomic E-state index is -0.743. The van der Waals surface area contributed by atoms with Crippen molar-refractivity contribution in [2.75, 3.05) is 19.4 Å². The summed E-state index contributed by atoms with van der Waals surface area (Å²) in [5.74, 6) is -0.658. The average Bonchev–Trinajstić information content (AvgIpc) is 2.87. The summed E-state index contributed by atoms with van der Waals surface area (Å²) < 4.78 is 0. The van der Waals surface area contributed by atoms with Gasteiger partial charge in [-0.1, -0.05) is 0 Å². The molecule has 1 heterocycles. The first-order valence-corrected chi connectivity index (χ1v) is 6.52. The summed E-state index contributed by atoms with van der Waals surface area (Å²) in [5, 5.41) is 19.9. The number of hydrogen-bond acceptors (Lipinski definition) is 5. The molecular formula is C13H18N4O3. The lowest BCUT2D eigenvalue weighted by molar-refractivity contribution is -0.141. The van der Waals surface area contributed by atoms with Crippen LogP contribution in [0.4, 0.5) is 5.82 Å². The van der Waals surface area contributed by atoms with E-state index in [2.05, 4.69) is 15.5 Å². The van der Waals surface area contributed by atoms with E-state index in [0.29, 0.717) is 18.7 Å². The summed E-state index contributed by atoms with van der Waals surface area (Å²) in [7, 11) is 3.31. The quantitative estimate of drug-likeness (QED) is 0.847. The Labute approximate surface area is 117 Å². The molecule has 0 saturated heterocycles. The number of carbonyl (C=O) groups excluding carboxylic acids is 1. The molecule has 2 rings (SSSR count). The highest BCUT2D eigenvalue weighted by Crippen LogP contribution is 2.27. The molecule has 1 fully saturated rings.